The molecule has 3 nitrogen and oxygen atoms in total. The van der Waals surface area contributed by atoms with E-state index in [1.807, 2.05) is 0 Å². The van der Waals surface area contributed by atoms with E-state index >= 15 is 0 Å². The Morgan fingerprint density at radius 3 is 2.74 bits per heavy atom. The van der Waals surface area contributed by atoms with Crippen LogP contribution in [0.3, 0.4) is 0 Å². The van der Waals surface area contributed by atoms with Gasteiger partial charge in [-0.1, -0.05) is 15.9 Å². The first-order valence-corrected chi connectivity index (χ1v) is 6.41. The second-order valence-corrected chi connectivity index (χ2v) is 4.95. The van der Waals surface area contributed by atoms with Crippen LogP contribution in [0.2, 0.25) is 0 Å². The summed E-state index contributed by atoms with van der Waals surface area (Å²) >= 11 is 3.27. The van der Waals surface area contributed by atoms with Gasteiger partial charge in [-0.3, -0.25) is 16.3 Å². The van der Waals surface area contributed by atoms with Crippen molar-refractivity contribution in [1.82, 2.24) is 10.4 Å². The van der Waals surface area contributed by atoms with Crippen molar-refractivity contribution in [3.05, 3.63) is 63.9 Å². The molecule has 19 heavy (non-hydrogen) atoms. The summed E-state index contributed by atoms with van der Waals surface area (Å²) in [5.74, 6) is 4.59. The molecule has 0 aliphatic heterocycles. The molecule has 0 saturated heterocycles. The number of hydrogen-bond acceptors (Lipinski definition) is 3. The topological polar surface area (TPSA) is 50.9 Å². The molecule has 0 saturated carbocycles. The van der Waals surface area contributed by atoms with Crippen molar-refractivity contribution in [3.63, 3.8) is 0 Å². The lowest BCUT2D eigenvalue weighted by molar-refractivity contribution is 0.484. The number of aromatic nitrogens is 1. The number of pyridine rings is 1. The van der Waals surface area contributed by atoms with Crippen molar-refractivity contribution in [3.8, 4) is 0 Å². The molecule has 2 rings (SSSR count). The highest BCUT2D eigenvalue weighted by Gasteiger charge is 2.18. The molecular weight excluding hydrogens is 316 g/mol. The maximum Gasteiger partial charge on any atom is 0.146 e. The van der Waals surface area contributed by atoms with Gasteiger partial charge in [-0.25, -0.2) is 8.78 Å². The summed E-state index contributed by atoms with van der Waals surface area (Å²) < 4.78 is 28.1. The Balaban J connectivity index is 2.29. The lowest BCUT2D eigenvalue weighted by Gasteiger charge is -2.16. The Kier molecular flexibility index (Phi) is 4.57. The van der Waals surface area contributed by atoms with Gasteiger partial charge < -0.3 is 0 Å². The second kappa shape index (κ2) is 6.18. The molecule has 0 amide bonds. The number of nitrogens with two attached hydrogens (primary N) is 1. The summed E-state index contributed by atoms with van der Waals surface area (Å²) in [6, 6.07) is 6.79. The Labute approximate surface area is 117 Å². The summed E-state index contributed by atoms with van der Waals surface area (Å²) in [6.45, 7) is 0. The average molecular weight is 328 g/mol. The fraction of sp³-hybridized carbons (Fsp3) is 0.154. The molecule has 6 heteroatoms. The molecule has 1 heterocycles. The third-order valence-electron chi connectivity index (χ3n) is 2.75. The Morgan fingerprint density at radius 1 is 1.26 bits per heavy atom. The van der Waals surface area contributed by atoms with Crippen molar-refractivity contribution in [2.75, 3.05) is 0 Å². The van der Waals surface area contributed by atoms with E-state index in [0.717, 1.165) is 4.47 Å². The van der Waals surface area contributed by atoms with Gasteiger partial charge in [0.15, 0.2) is 0 Å². The molecule has 0 aliphatic rings. The summed E-state index contributed by atoms with van der Waals surface area (Å²) in [6.07, 6.45) is 1.68. The van der Waals surface area contributed by atoms with Crippen LogP contribution in [0.1, 0.15) is 17.3 Å². The smallest absolute Gasteiger partial charge is 0.146 e. The van der Waals surface area contributed by atoms with Crippen molar-refractivity contribution in [2.45, 2.75) is 12.5 Å². The average Bonchev–Trinajstić information content (AvgIpc) is 2.41. The number of hydrazine groups is 1. The van der Waals surface area contributed by atoms with Gasteiger partial charge in [0.05, 0.1) is 11.7 Å². The maximum atomic E-state index is 13.7. The number of rotatable bonds is 4. The third-order valence-corrected chi connectivity index (χ3v) is 3.24. The number of nitrogens with one attached hydrogen (secondary N) is 1. The lowest BCUT2D eigenvalue weighted by atomic mass is 10.0. The monoisotopic (exact) mass is 327 g/mol. The van der Waals surface area contributed by atoms with Crippen molar-refractivity contribution < 1.29 is 8.78 Å². The Morgan fingerprint density at radius 2 is 2.05 bits per heavy atom. The first kappa shape index (κ1) is 14.0. The molecule has 0 spiro atoms. The van der Waals surface area contributed by atoms with Gasteiger partial charge in [0.25, 0.3) is 0 Å². The quantitative estimate of drug-likeness (QED) is 0.670. The van der Waals surface area contributed by atoms with E-state index in [1.54, 1.807) is 12.1 Å². The molecule has 0 aliphatic carbocycles. The summed E-state index contributed by atoms with van der Waals surface area (Å²) in [5, 5.41) is 0. The second-order valence-electron chi connectivity index (χ2n) is 4.03. The van der Waals surface area contributed by atoms with E-state index in [4.69, 9.17) is 5.84 Å². The van der Waals surface area contributed by atoms with Crippen molar-refractivity contribution >= 4 is 15.9 Å². The zero-order chi connectivity index (χ0) is 13.8. The highest BCUT2D eigenvalue weighted by Crippen LogP contribution is 2.22. The summed E-state index contributed by atoms with van der Waals surface area (Å²) in [5.41, 5.74) is 3.07. The molecule has 100 valence electrons. The van der Waals surface area contributed by atoms with Crippen LogP contribution in [0.5, 0.6) is 0 Å². The highest BCUT2D eigenvalue weighted by atomic mass is 79.9. The number of nitrogens with zero attached hydrogens (tertiary/aromatic N) is 1. The lowest BCUT2D eigenvalue weighted by Crippen LogP contribution is -2.31. The van der Waals surface area contributed by atoms with E-state index < -0.39 is 11.9 Å². The molecule has 1 atom stereocenters. The predicted molar refractivity (Wildman–Crippen MR) is 72.1 cm³/mol. The van der Waals surface area contributed by atoms with Gasteiger partial charge in [-0.15, -0.1) is 0 Å². The van der Waals surface area contributed by atoms with Crippen molar-refractivity contribution in [1.29, 1.82) is 0 Å². The Hall–Kier alpha value is -1.37. The highest BCUT2D eigenvalue weighted by molar-refractivity contribution is 9.10. The summed E-state index contributed by atoms with van der Waals surface area (Å²) in [4.78, 5) is 3.95. The minimum absolute atomic E-state index is 0.171. The van der Waals surface area contributed by atoms with Gasteiger partial charge in [0, 0.05) is 10.7 Å². The molecule has 0 bridgehead atoms. The van der Waals surface area contributed by atoms with E-state index in [2.05, 4.69) is 26.3 Å². The van der Waals surface area contributed by atoms with Crippen LogP contribution in [0.4, 0.5) is 8.78 Å². The van der Waals surface area contributed by atoms with E-state index in [0.29, 0.717) is 5.56 Å². The fourth-order valence-electron chi connectivity index (χ4n) is 1.81. The SMILES string of the molecule is NNC(Cc1cc(Br)ccc1F)c1ncccc1F. The van der Waals surface area contributed by atoms with Gasteiger partial charge in [-0.05, 0) is 42.3 Å². The fourth-order valence-corrected chi connectivity index (χ4v) is 2.22. The van der Waals surface area contributed by atoms with Crippen LogP contribution in [0, 0.1) is 11.6 Å². The van der Waals surface area contributed by atoms with Crippen molar-refractivity contribution in [2.24, 2.45) is 5.84 Å². The molecule has 0 fully saturated rings. The molecule has 3 N–H and O–H groups in total. The molecule has 0 radical (unpaired) electrons. The maximum absolute atomic E-state index is 13.7. The van der Waals surface area contributed by atoms with E-state index in [1.165, 1.54) is 24.4 Å². The normalized spacial score (nSPS) is 12.4. The first-order chi connectivity index (χ1) is 9.11. The molecule has 1 unspecified atom stereocenters. The molecular formula is C13H12BrF2N3. The Bertz CT molecular complexity index is 578. The van der Waals surface area contributed by atoms with Gasteiger partial charge in [-0.2, -0.15) is 0 Å². The number of hydrogen-bond donors (Lipinski definition) is 2. The standard InChI is InChI=1S/C13H12BrF2N3/c14-9-3-4-10(15)8(6-9)7-12(19-17)13-11(16)2-1-5-18-13/h1-6,12,19H,7,17H2. The van der Waals surface area contributed by atoms with Crippen LogP contribution in [-0.4, -0.2) is 4.98 Å². The number of halogens is 3. The van der Waals surface area contributed by atoms with Gasteiger partial charge >= 0.3 is 0 Å². The minimum atomic E-state index is -0.593. The van der Waals surface area contributed by atoms with Crippen LogP contribution >= 0.6 is 15.9 Å². The van der Waals surface area contributed by atoms with E-state index in [9.17, 15) is 8.78 Å². The van der Waals surface area contributed by atoms with Crippen LogP contribution in [-0.2, 0) is 6.42 Å². The zero-order valence-electron chi connectivity index (χ0n) is 9.91. The molecule has 1 aromatic heterocycles. The van der Waals surface area contributed by atoms with Crippen LogP contribution < -0.4 is 11.3 Å². The summed E-state index contributed by atoms with van der Waals surface area (Å²) in [7, 11) is 0. The van der Waals surface area contributed by atoms with E-state index in [-0.39, 0.29) is 17.9 Å². The predicted octanol–water partition coefficient (Wildman–Crippen LogP) is 2.87. The minimum Gasteiger partial charge on any atom is -0.271 e. The zero-order valence-corrected chi connectivity index (χ0v) is 11.5. The van der Waals surface area contributed by atoms with Crippen LogP contribution in [0.15, 0.2) is 41.0 Å². The first-order valence-electron chi connectivity index (χ1n) is 5.62. The van der Waals surface area contributed by atoms with Gasteiger partial charge in [0.2, 0.25) is 0 Å². The number of benzene rings is 1. The van der Waals surface area contributed by atoms with Crippen LogP contribution in [0.25, 0.3) is 0 Å². The molecule has 2 aromatic rings. The largest absolute Gasteiger partial charge is 0.271 e. The molecule has 1 aromatic carbocycles. The van der Waals surface area contributed by atoms with Gasteiger partial charge in [0.1, 0.15) is 11.6 Å². The third kappa shape index (κ3) is 3.34.